The van der Waals surface area contributed by atoms with E-state index < -0.39 is 0 Å². The van der Waals surface area contributed by atoms with Gasteiger partial charge in [-0.05, 0) is 21.0 Å². The highest BCUT2D eigenvalue weighted by atomic mass is 16.1. The molecule has 0 aliphatic heterocycles. The first-order valence-electron chi connectivity index (χ1n) is 3.76. The molecule has 3 heteroatoms. The summed E-state index contributed by atoms with van der Waals surface area (Å²) in [5.74, 6) is -0.385. The minimum Gasteiger partial charge on any atom is -0.366 e. The number of hydrogen-bond acceptors (Lipinski definition) is 2. The van der Waals surface area contributed by atoms with Crippen LogP contribution in [0.1, 0.15) is 6.92 Å². The molecule has 1 atom stereocenters. The van der Waals surface area contributed by atoms with E-state index in [0.29, 0.717) is 5.57 Å². The number of carbonyl (C=O) groups excluding carboxylic acids is 1. The van der Waals surface area contributed by atoms with E-state index in [1.807, 2.05) is 19.0 Å². The second-order valence-corrected chi connectivity index (χ2v) is 2.90. The molecule has 0 bridgehead atoms. The molecular formula is C9H16N2O. The lowest BCUT2D eigenvalue weighted by atomic mass is 10.1. The van der Waals surface area contributed by atoms with Crippen molar-refractivity contribution >= 4 is 5.91 Å². The molecule has 0 aromatic carbocycles. The predicted octanol–water partition coefficient (Wildman–Crippen LogP) is 0.534. The van der Waals surface area contributed by atoms with Gasteiger partial charge in [-0.3, -0.25) is 9.69 Å². The Morgan fingerprint density at radius 3 is 2.33 bits per heavy atom. The second kappa shape index (κ2) is 4.72. The van der Waals surface area contributed by atoms with Crippen LogP contribution in [-0.4, -0.2) is 30.9 Å². The van der Waals surface area contributed by atoms with Crippen molar-refractivity contribution in [3.63, 3.8) is 0 Å². The van der Waals surface area contributed by atoms with Gasteiger partial charge in [-0.1, -0.05) is 12.2 Å². The fraction of sp³-hybridized carbons (Fsp3) is 0.444. The summed E-state index contributed by atoms with van der Waals surface area (Å²) in [7, 11) is 3.83. The molecule has 1 unspecified atom stereocenters. The maximum Gasteiger partial charge on any atom is 0.244 e. The number of amides is 1. The first-order valence-corrected chi connectivity index (χ1v) is 3.76. The molecule has 0 aromatic rings. The van der Waals surface area contributed by atoms with Crippen molar-refractivity contribution < 1.29 is 4.79 Å². The minimum absolute atomic E-state index is 0.0671. The Morgan fingerprint density at radius 2 is 2.08 bits per heavy atom. The summed E-state index contributed by atoms with van der Waals surface area (Å²) in [6.45, 7) is 5.35. The second-order valence-electron chi connectivity index (χ2n) is 2.90. The topological polar surface area (TPSA) is 46.3 Å². The number of nitrogens with two attached hydrogens (primary N) is 1. The largest absolute Gasteiger partial charge is 0.366 e. The van der Waals surface area contributed by atoms with Crippen LogP contribution in [0.5, 0.6) is 0 Å². The molecule has 0 spiro atoms. The van der Waals surface area contributed by atoms with E-state index in [1.54, 1.807) is 19.1 Å². The number of nitrogens with zero attached hydrogens (tertiary/aromatic N) is 1. The lowest BCUT2D eigenvalue weighted by Crippen LogP contribution is -2.25. The van der Waals surface area contributed by atoms with Gasteiger partial charge in [0, 0.05) is 11.6 Å². The summed E-state index contributed by atoms with van der Waals surface area (Å²) in [6, 6.07) is 0.0671. The van der Waals surface area contributed by atoms with E-state index in [9.17, 15) is 4.79 Å². The summed E-state index contributed by atoms with van der Waals surface area (Å²) in [4.78, 5) is 12.6. The molecule has 1 amide bonds. The van der Waals surface area contributed by atoms with E-state index in [4.69, 9.17) is 5.73 Å². The predicted molar refractivity (Wildman–Crippen MR) is 50.6 cm³/mol. The van der Waals surface area contributed by atoms with Crippen LogP contribution in [0, 0.1) is 0 Å². The van der Waals surface area contributed by atoms with Crippen molar-refractivity contribution in [3.05, 3.63) is 24.3 Å². The fourth-order valence-electron chi connectivity index (χ4n) is 0.766. The summed E-state index contributed by atoms with van der Waals surface area (Å²) in [5.41, 5.74) is 5.64. The molecule has 0 saturated heterocycles. The molecule has 0 rings (SSSR count). The monoisotopic (exact) mass is 168 g/mol. The van der Waals surface area contributed by atoms with Gasteiger partial charge >= 0.3 is 0 Å². The molecule has 0 aliphatic carbocycles. The zero-order valence-electron chi connectivity index (χ0n) is 7.87. The van der Waals surface area contributed by atoms with Crippen LogP contribution in [0.25, 0.3) is 0 Å². The first-order chi connectivity index (χ1) is 5.49. The standard InChI is InChI=1S/C9H16N2O/c1-5-8(11(3)4)6-7(2)9(10)12/h5-6,8H,1H2,2-4H3,(H2,10,12). The highest BCUT2D eigenvalue weighted by molar-refractivity contribution is 5.91. The van der Waals surface area contributed by atoms with Gasteiger partial charge in [0.25, 0.3) is 0 Å². The van der Waals surface area contributed by atoms with E-state index in [-0.39, 0.29) is 11.9 Å². The Bertz CT molecular complexity index is 207. The van der Waals surface area contributed by atoms with Gasteiger partial charge in [0.05, 0.1) is 0 Å². The summed E-state index contributed by atoms with van der Waals surface area (Å²) >= 11 is 0. The highest BCUT2D eigenvalue weighted by Gasteiger charge is 2.05. The van der Waals surface area contributed by atoms with Crippen molar-refractivity contribution in [1.82, 2.24) is 4.90 Å². The third kappa shape index (κ3) is 3.34. The van der Waals surface area contributed by atoms with Crippen molar-refractivity contribution in [2.24, 2.45) is 5.73 Å². The lowest BCUT2D eigenvalue weighted by molar-refractivity contribution is -0.114. The highest BCUT2D eigenvalue weighted by Crippen LogP contribution is 2.01. The van der Waals surface area contributed by atoms with E-state index in [2.05, 4.69) is 6.58 Å². The molecule has 0 saturated carbocycles. The third-order valence-electron chi connectivity index (χ3n) is 1.65. The molecule has 0 aliphatic rings. The van der Waals surface area contributed by atoms with Crippen molar-refractivity contribution in [3.8, 4) is 0 Å². The zero-order chi connectivity index (χ0) is 9.72. The number of primary amides is 1. The Hall–Kier alpha value is -1.09. The molecule has 0 heterocycles. The van der Waals surface area contributed by atoms with Crippen LogP contribution in [0.15, 0.2) is 24.3 Å². The summed E-state index contributed by atoms with van der Waals surface area (Å²) in [6.07, 6.45) is 3.54. The summed E-state index contributed by atoms with van der Waals surface area (Å²) in [5, 5.41) is 0. The Kier molecular flexibility index (Phi) is 4.29. The number of likely N-dealkylation sites (N-methyl/N-ethyl adjacent to an activating group) is 1. The molecule has 0 aromatic heterocycles. The third-order valence-corrected chi connectivity index (χ3v) is 1.65. The lowest BCUT2D eigenvalue weighted by Gasteiger charge is -2.17. The van der Waals surface area contributed by atoms with Crippen molar-refractivity contribution in [2.45, 2.75) is 13.0 Å². The van der Waals surface area contributed by atoms with Crippen molar-refractivity contribution in [1.29, 1.82) is 0 Å². The molecule has 0 radical (unpaired) electrons. The van der Waals surface area contributed by atoms with Crippen molar-refractivity contribution in [2.75, 3.05) is 14.1 Å². The molecule has 0 fully saturated rings. The molecule has 3 nitrogen and oxygen atoms in total. The Balaban J connectivity index is 4.46. The van der Waals surface area contributed by atoms with Gasteiger partial charge in [-0.25, -0.2) is 0 Å². The summed E-state index contributed by atoms with van der Waals surface area (Å²) < 4.78 is 0. The quantitative estimate of drug-likeness (QED) is 0.492. The van der Waals surface area contributed by atoms with Gasteiger partial charge < -0.3 is 5.73 Å². The smallest absolute Gasteiger partial charge is 0.244 e. The van der Waals surface area contributed by atoms with Gasteiger partial charge in [-0.2, -0.15) is 0 Å². The Labute approximate surface area is 73.5 Å². The van der Waals surface area contributed by atoms with E-state index in [1.165, 1.54) is 0 Å². The van der Waals surface area contributed by atoms with Gasteiger partial charge in [0.2, 0.25) is 5.91 Å². The fourth-order valence-corrected chi connectivity index (χ4v) is 0.766. The molecule has 12 heavy (non-hydrogen) atoms. The zero-order valence-corrected chi connectivity index (χ0v) is 7.87. The molecule has 2 N–H and O–H groups in total. The normalized spacial score (nSPS) is 14.5. The van der Waals surface area contributed by atoms with Crippen LogP contribution >= 0.6 is 0 Å². The van der Waals surface area contributed by atoms with Crippen LogP contribution < -0.4 is 5.73 Å². The first kappa shape index (κ1) is 10.9. The minimum atomic E-state index is -0.385. The van der Waals surface area contributed by atoms with Gasteiger partial charge in [0.15, 0.2) is 0 Å². The maximum atomic E-state index is 10.7. The van der Waals surface area contributed by atoms with Crippen LogP contribution in [0.4, 0.5) is 0 Å². The van der Waals surface area contributed by atoms with E-state index in [0.717, 1.165) is 0 Å². The average Bonchev–Trinajstić information content (AvgIpc) is 1.98. The maximum absolute atomic E-state index is 10.7. The SMILES string of the molecule is C=CC(C=C(C)C(N)=O)N(C)C. The molecule has 68 valence electrons. The van der Waals surface area contributed by atoms with Crippen LogP contribution in [0.2, 0.25) is 0 Å². The van der Waals surface area contributed by atoms with Crippen LogP contribution in [0.3, 0.4) is 0 Å². The number of rotatable bonds is 4. The van der Waals surface area contributed by atoms with E-state index >= 15 is 0 Å². The average molecular weight is 168 g/mol. The Morgan fingerprint density at radius 1 is 1.58 bits per heavy atom. The van der Waals surface area contributed by atoms with Crippen LogP contribution in [-0.2, 0) is 4.79 Å². The number of hydrogen-bond donors (Lipinski definition) is 1. The van der Waals surface area contributed by atoms with Gasteiger partial charge in [0.1, 0.15) is 0 Å². The number of carbonyl (C=O) groups is 1. The van der Waals surface area contributed by atoms with Gasteiger partial charge in [-0.15, -0.1) is 6.58 Å². The molecular weight excluding hydrogens is 152 g/mol.